The van der Waals surface area contributed by atoms with Crippen LogP contribution in [0.4, 0.5) is 0 Å². The Labute approximate surface area is 110 Å². The Balaban J connectivity index is 1.97. The van der Waals surface area contributed by atoms with Gasteiger partial charge in [-0.2, -0.15) is 4.37 Å². The summed E-state index contributed by atoms with van der Waals surface area (Å²) in [5.41, 5.74) is 3.43. The van der Waals surface area contributed by atoms with Crippen molar-refractivity contribution in [1.29, 1.82) is 0 Å². The third kappa shape index (κ3) is 2.17. The summed E-state index contributed by atoms with van der Waals surface area (Å²) in [4.78, 5) is 4.59. The molecule has 1 heterocycles. The molecule has 3 aromatic rings. The van der Waals surface area contributed by atoms with Crippen molar-refractivity contribution in [2.24, 2.45) is 0 Å². The highest BCUT2D eigenvalue weighted by molar-refractivity contribution is 7.09. The van der Waals surface area contributed by atoms with Crippen molar-refractivity contribution in [3.05, 3.63) is 60.2 Å². The first-order valence-corrected chi connectivity index (χ1v) is 6.56. The number of hydrogen-bond acceptors (Lipinski definition) is 3. The van der Waals surface area contributed by atoms with Gasteiger partial charge in [-0.1, -0.05) is 60.2 Å². The maximum atomic E-state index is 4.59. The average Bonchev–Trinajstić information content (AvgIpc) is 2.90. The quantitative estimate of drug-likeness (QED) is 0.683. The monoisotopic (exact) mass is 252 g/mol. The third-order valence-electron chi connectivity index (χ3n) is 2.76. The van der Waals surface area contributed by atoms with Gasteiger partial charge < -0.3 is 0 Å². The molecule has 0 atom stereocenters. The van der Waals surface area contributed by atoms with E-state index < -0.39 is 0 Å². The normalized spacial score (nSPS) is 10.5. The van der Waals surface area contributed by atoms with E-state index in [4.69, 9.17) is 0 Å². The van der Waals surface area contributed by atoms with Crippen molar-refractivity contribution in [3.63, 3.8) is 0 Å². The van der Waals surface area contributed by atoms with E-state index in [0.29, 0.717) is 0 Å². The fourth-order valence-electron chi connectivity index (χ4n) is 1.74. The summed E-state index contributed by atoms with van der Waals surface area (Å²) in [7, 11) is 0. The van der Waals surface area contributed by atoms with E-state index in [9.17, 15) is 0 Å². The number of nitrogens with zero attached hydrogens (tertiary/aromatic N) is 2. The highest BCUT2D eigenvalue weighted by atomic mass is 32.1. The van der Waals surface area contributed by atoms with Gasteiger partial charge in [0.15, 0.2) is 5.82 Å². The third-order valence-corrected chi connectivity index (χ3v) is 3.52. The maximum Gasteiger partial charge on any atom is 0.173 e. The Kier molecular flexibility index (Phi) is 2.90. The zero-order chi connectivity index (χ0) is 12.4. The molecule has 0 spiro atoms. The van der Waals surface area contributed by atoms with Crippen molar-refractivity contribution in [1.82, 2.24) is 9.36 Å². The summed E-state index contributed by atoms with van der Waals surface area (Å²) in [6, 6.07) is 18.4. The number of aromatic nitrogens is 2. The molecule has 2 nitrogen and oxygen atoms in total. The van der Waals surface area contributed by atoms with Gasteiger partial charge in [0, 0.05) is 11.1 Å². The molecular formula is C15H12N2S. The molecule has 0 bridgehead atoms. The smallest absolute Gasteiger partial charge is 0.173 e. The van der Waals surface area contributed by atoms with Crippen molar-refractivity contribution in [2.45, 2.75) is 6.92 Å². The first-order chi connectivity index (χ1) is 8.83. The Bertz CT molecular complexity index is 642. The van der Waals surface area contributed by atoms with Crippen LogP contribution in [0.5, 0.6) is 0 Å². The minimum Gasteiger partial charge on any atom is -0.215 e. The van der Waals surface area contributed by atoms with Crippen LogP contribution in [0.15, 0.2) is 54.6 Å². The van der Waals surface area contributed by atoms with Gasteiger partial charge in [0.2, 0.25) is 0 Å². The molecule has 0 aliphatic rings. The van der Waals surface area contributed by atoms with E-state index >= 15 is 0 Å². The number of rotatable bonds is 2. The van der Waals surface area contributed by atoms with Crippen LogP contribution in [0.2, 0.25) is 0 Å². The van der Waals surface area contributed by atoms with E-state index in [1.54, 1.807) is 0 Å². The molecule has 2 aromatic carbocycles. The lowest BCUT2D eigenvalue weighted by molar-refractivity contribution is 1.32. The van der Waals surface area contributed by atoms with Crippen LogP contribution in [0, 0.1) is 6.92 Å². The second-order valence-electron chi connectivity index (χ2n) is 4.16. The molecule has 1 aromatic heterocycles. The molecule has 88 valence electrons. The maximum absolute atomic E-state index is 4.59. The SMILES string of the molecule is Cc1ccc(-c2nsc(-c3ccccc3)n2)cc1. The van der Waals surface area contributed by atoms with Gasteiger partial charge in [0.25, 0.3) is 0 Å². The van der Waals surface area contributed by atoms with E-state index in [0.717, 1.165) is 22.0 Å². The highest BCUT2D eigenvalue weighted by Gasteiger charge is 2.07. The van der Waals surface area contributed by atoms with Crippen LogP contribution in [-0.2, 0) is 0 Å². The molecule has 0 aliphatic carbocycles. The second-order valence-corrected chi connectivity index (χ2v) is 4.91. The van der Waals surface area contributed by atoms with E-state index in [1.807, 2.05) is 18.2 Å². The van der Waals surface area contributed by atoms with Gasteiger partial charge in [-0.15, -0.1) is 0 Å². The highest BCUT2D eigenvalue weighted by Crippen LogP contribution is 2.25. The largest absolute Gasteiger partial charge is 0.215 e. The van der Waals surface area contributed by atoms with Crippen molar-refractivity contribution < 1.29 is 0 Å². The molecule has 0 unspecified atom stereocenters. The van der Waals surface area contributed by atoms with Gasteiger partial charge in [0.05, 0.1) is 0 Å². The van der Waals surface area contributed by atoms with Gasteiger partial charge in [0.1, 0.15) is 5.01 Å². The summed E-state index contributed by atoms with van der Waals surface area (Å²) in [6.45, 7) is 2.08. The van der Waals surface area contributed by atoms with Crippen molar-refractivity contribution in [3.8, 4) is 22.0 Å². The van der Waals surface area contributed by atoms with Crippen LogP contribution < -0.4 is 0 Å². The average molecular weight is 252 g/mol. The van der Waals surface area contributed by atoms with E-state index in [-0.39, 0.29) is 0 Å². The minimum absolute atomic E-state index is 0.804. The molecule has 0 saturated heterocycles. The molecule has 0 amide bonds. The lowest BCUT2D eigenvalue weighted by Gasteiger charge is -1.96. The summed E-state index contributed by atoms with van der Waals surface area (Å²) >= 11 is 1.44. The van der Waals surface area contributed by atoms with E-state index in [1.165, 1.54) is 17.1 Å². The predicted octanol–water partition coefficient (Wildman–Crippen LogP) is 4.18. The first-order valence-electron chi connectivity index (χ1n) is 5.79. The second kappa shape index (κ2) is 4.70. The molecule has 0 saturated carbocycles. The summed E-state index contributed by atoms with van der Waals surface area (Å²) < 4.78 is 4.42. The van der Waals surface area contributed by atoms with Crippen LogP contribution in [-0.4, -0.2) is 9.36 Å². The Hall–Kier alpha value is -2.00. The van der Waals surface area contributed by atoms with Crippen molar-refractivity contribution in [2.75, 3.05) is 0 Å². The lowest BCUT2D eigenvalue weighted by Crippen LogP contribution is -1.81. The standard InChI is InChI=1S/C15H12N2S/c1-11-7-9-12(10-8-11)14-16-15(18-17-14)13-5-3-2-4-6-13/h2-10H,1H3. The Morgan fingerprint density at radius 3 is 2.28 bits per heavy atom. The fraction of sp³-hybridized carbons (Fsp3) is 0.0667. The molecule has 0 aliphatic heterocycles. The summed E-state index contributed by atoms with van der Waals surface area (Å²) in [5, 5.41) is 0.964. The first kappa shape index (κ1) is 11.1. The molecule has 3 heteroatoms. The summed E-state index contributed by atoms with van der Waals surface area (Å²) in [6.07, 6.45) is 0. The number of benzene rings is 2. The van der Waals surface area contributed by atoms with Crippen LogP contribution in [0.3, 0.4) is 0 Å². The van der Waals surface area contributed by atoms with Crippen LogP contribution in [0.25, 0.3) is 22.0 Å². The topological polar surface area (TPSA) is 25.8 Å². The Morgan fingerprint density at radius 1 is 0.833 bits per heavy atom. The Morgan fingerprint density at radius 2 is 1.56 bits per heavy atom. The van der Waals surface area contributed by atoms with Gasteiger partial charge in [-0.05, 0) is 18.5 Å². The fourth-order valence-corrected chi connectivity index (χ4v) is 2.43. The van der Waals surface area contributed by atoms with Gasteiger partial charge in [-0.25, -0.2) is 4.98 Å². The number of hydrogen-bond donors (Lipinski definition) is 0. The predicted molar refractivity (Wildman–Crippen MR) is 75.5 cm³/mol. The zero-order valence-electron chi connectivity index (χ0n) is 10.00. The molecule has 18 heavy (non-hydrogen) atoms. The molecule has 3 rings (SSSR count). The van der Waals surface area contributed by atoms with Crippen LogP contribution >= 0.6 is 11.5 Å². The van der Waals surface area contributed by atoms with E-state index in [2.05, 4.69) is 52.7 Å². The van der Waals surface area contributed by atoms with Crippen LogP contribution in [0.1, 0.15) is 5.56 Å². The molecule has 0 fully saturated rings. The minimum atomic E-state index is 0.804. The zero-order valence-corrected chi connectivity index (χ0v) is 10.8. The molecule has 0 radical (unpaired) electrons. The molecular weight excluding hydrogens is 240 g/mol. The van der Waals surface area contributed by atoms with Gasteiger partial charge >= 0.3 is 0 Å². The van der Waals surface area contributed by atoms with Crippen molar-refractivity contribution >= 4 is 11.5 Å². The number of aryl methyl sites for hydroxylation is 1. The van der Waals surface area contributed by atoms with Gasteiger partial charge in [-0.3, -0.25) is 0 Å². The lowest BCUT2D eigenvalue weighted by atomic mass is 10.1. The summed E-state index contributed by atoms with van der Waals surface area (Å²) in [5.74, 6) is 0.804. The molecule has 0 N–H and O–H groups in total.